The quantitative estimate of drug-likeness (QED) is 0.186. The molecular weight excluding hydrogens is 672 g/mol. The number of allylic oxidation sites excluding steroid dienone is 2. The van der Waals surface area contributed by atoms with Crippen molar-refractivity contribution in [1.29, 1.82) is 0 Å². The fourth-order valence-corrected chi connectivity index (χ4v) is 25.9. The second kappa shape index (κ2) is 8.25. The van der Waals surface area contributed by atoms with Crippen molar-refractivity contribution in [2.75, 3.05) is 0 Å². The summed E-state index contributed by atoms with van der Waals surface area (Å²) in [7, 11) is 13.6. The van der Waals surface area contributed by atoms with Crippen molar-refractivity contribution in [3.63, 3.8) is 0 Å². The van der Waals surface area contributed by atoms with Crippen LogP contribution in [0.2, 0.25) is 0 Å². The van der Waals surface area contributed by atoms with Crippen LogP contribution in [-0.2, 0) is 12.9 Å². The Kier molecular flexibility index (Phi) is 5.77. The molecule has 0 nitrogen and oxygen atoms in total. The summed E-state index contributed by atoms with van der Waals surface area (Å²) in [6, 6.07) is 26.0. The third-order valence-electron chi connectivity index (χ3n) is 9.69. The van der Waals surface area contributed by atoms with E-state index in [-0.39, 0.29) is 22.3 Å². The normalized spacial score (nSPS) is 20.7. The number of benzene rings is 4. The van der Waals surface area contributed by atoms with Gasteiger partial charge in [-0.1, -0.05) is 0 Å². The van der Waals surface area contributed by atoms with Crippen LogP contribution in [0, 0.1) is 0 Å². The van der Waals surface area contributed by atoms with Crippen LogP contribution in [0.3, 0.4) is 0 Å². The number of hydrogen-bond acceptors (Lipinski definition) is 0. The van der Waals surface area contributed by atoms with E-state index in [2.05, 4.69) is 4.21 Å². The molecule has 42 heavy (non-hydrogen) atoms. The molecule has 0 amide bonds. The van der Waals surface area contributed by atoms with E-state index in [4.69, 9.17) is 17.0 Å². The molecule has 0 fully saturated rings. The molecule has 9 heteroatoms. The number of fused-ring (bicyclic) bond motifs is 2. The zero-order chi connectivity index (χ0) is 30.3. The Morgan fingerprint density at radius 2 is 0.881 bits per heavy atom. The average Bonchev–Trinajstić information content (AvgIpc) is 3.59. The standard InChI is InChI=1S/2C15H11.2CF3.CH2.2ClH.Zr/c2*1-2-6-12(7-3-1)14-10-4-8-13-9-5-11-15(13)14;2*2-1(3)4;;;;/h2*1-11H;;;1H2;2*1H;/q;;;;;;;+2/p-2. The Hall–Kier alpha value is -2.73. The van der Waals surface area contributed by atoms with E-state index in [0.29, 0.717) is 22.3 Å². The van der Waals surface area contributed by atoms with E-state index in [9.17, 15) is 0 Å². The van der Waals surface area contributed by atoms with Gasteiger partial charge in [-0.3, -0.25) is 0 Å². The molecule has 0 heterocycles. The van der Waals surface area contributed by atoms with Crippen molar-refractivity contribution >= 4 is 33.4 Å². The van der Waals surface area contributed by atoms with Gasteiger partial charge in [0.25, 0.3) is 0 Å². The average molecular weight is 697 g/mol. The van der Waals surface area contributed by atoms with Crippen LogP contribution in [0.1, 0.15) is 29.5 Å². The predicted octanol–water partition coefficient (Wildman–Crippen LogP) is 11.4. The molecule has 216 valence electrons. The first-order valence-electron chi connectivity index (χ1n) is 13.2. The van der Waals surface area contributed by atoms with E-state index < -0.39 is 28.0 Å². The van der Waals surface area contributed by atoms with Crippen LogP contribution >= 0.6 is 17.0 Å². The van der Waals surface area contributed by atoms with Crippen LogP contribution in [0.5, 0.6) is 0 Å². The summed E-state index contributed by atoms with van der Waals surface area (Å²) < 4.78 is 82.7. The fraction of sp³-hybridized carbons (Fsp3) is 0.121. The molecule has 6 rings (SSSR count). The molecule has 0 bridgehead atoms. The molecule has 0 saturated carbocycles. The molecule has 4 aromatic carbocycles. The Bertz CT molecular complexity index is 1810. The van der Waals surface area contributed by atoms with Crippen molar-refractivity contribution in [2.45, 2.75) is 15.0 Å². The summed E-state index contributed by atoms with van der Waals surface area (Å²) in [4.78, 5) is 0. The van der Waals surface area contributed by atoms with Gasteiger partial charge in [0, 0.05) is 0 Å². The van der Waals surface area contributed by atoms with Crippen molar-refractivity contribution in [1.82, 2.24) is 0 Å². The first kappa shape index (κ1) is 29.3. The number of halogens is 8. The summed E-state index contributed by atoms with van der Waals surface area (Å²) in [5.74, 6) is 0. The van der Waals surface area contributed by atoms with Gasteiger partial charge in [-0.15, -0.1) is 0 Å². The van der Waals surface area contributed by atoms with Crippen LogP contribution in [0.15, 0.2) is 109 Å². The summed E-state index contributed by atoms with van der Waals surface area (Å²) >= 11 is -10.7. The molecule has 2 aliphatic rings. The van der Waals surface area contributed by atoms with E-state index in [0.717, 1.165) is 12.2 Å². The topological polar surface area (TPSA) is 0 Å². The van der Waals surface area contributed by atoms with Crippen molar-refractivity contribution in [3.8, 4) is 22.3 Å². The third-order valence-corrected chi connectivity index (χ3v) is 40.8. The summed E-state index contributed by atoms with van der Waals surface area (Å²) in [5.41, 5.74) is 2.06. The second-order valence-corrected chi connectivity index (χ2v) is 47.5. The minimum atomic E-state index is -10.7. The van der Waals surface area contributed by atoms with Crippen LogP contribution in [0.25, 0.3) is 34.4 Å². The number of alkyl halides is 6. The van der Waals surface area contributed by atoms with Crippen LogP contribution in [0.4, 0.5) is 26.3 Å². The Morgan fingerprint density at radius 1 is 0.524 bits per heavy atom. The molecule has 2 atom stereocenters. The van der Waals surface area contributed by atoms with E-state index in [1.54, 1.807) is 72.8 Å². The van der Waals surface area contributed by atoms with Gasteiger partial charge in [0.05, 0.1) is 0 Å². The Balaban J connectivity index is 1.72. The van der Waals surface area contributed by atoms with Gasteiger partial charge in [-0.05, 0) is 0 Å². The van der Waals surface area contributed by atoms with Crippen molar-refractivity contribution in [2.24, 2.45) is 0 Å². The molecule has 2 aliphatic carbocycles. The van der Waals surface area contributed by atoms with Gasteiger partial charge in [-0.2, -0.15) is 0 Å². The molecule has 0 N–H and O–H groups in total. The Labute approximate surface area is 240 Å². The first-order valence-corrected chi connectivity index (χ1v) is 26.6. The molecule has 0 aromatic heterocycles. The SMILES string of the molecule is [CH2]=[Zr]([Cl])([Cl])([CH]1C=Cc2c(-c3ccccc3)cccc21)([CH]1C=Cc2c(-c3ccccc3)cccc21)([C](F)(F)F)[C](F)(F)F. The van der Waals surface area contributed by atoms with Crippen molar-refractivity contribution < 1.29 is 39.3 Å². The monoisotopic (exact) mass is 694 g/mol. The maximum absolute atomic E-state index is 16.1. The number of hydrogen-bond donors (Lipinski definition) is 0. The van der Waals surface area contributed by atoms with Gasteiger partial charge >= 0.3 is 241 Å². The predicted molar refractivity (Wildman–Crippen MR) is 158 cm³/mol. The fourth-order valence-electron chi connectivity index (χ4n) is 7.00. The van der Waals surface area contributed by atoms with Gasteiger partial charge in [0.1, 0.15) is 0 Å². The maximum atomic E-state index is 16.1. The molecule has 0 spiro atoms. The van der Waals surface area contributed by atoms with E-state index >= 15 is 26.3 Å². The van der Waals surface area contributed by atoms with Crippen molar-refractivity contribution in [3.05, 3.63) is 131 Å². The van der Waals surface area contributed by atoms with Crippen LogP contribution in [-0.4, -0.2) is 12.0 Å². The molecule has 0 radical (unpaired) electrons. The van der Waals surface area contributed by atoms with E-state index in [1.165, 1.54) is 36.4 Å². The summed E-state index contributed by atoms with van der Waals surface area (Å²) in [6.45, 7) is 0. The molecule has 0 saturated heterocycles. The first-order chi connectivity index (χ1) is 19.5. The molecule has 4 aromatic rings. The zero-order valence-corrected chi connectivity index (χ0v) is 25.9. The summed E-state index contributed by atoms with van der Waals surface area (Å²) in [6.07, 6.45) is 4.28. The Morgan fingerprint density at radius 3 is 1.21 bits per heavy atom. The van der Waals surface area contributed by atoms with Gasteiger partial charge in [-0.25, -0.2) is 0 Å². The molecule has 0 aliphatic heterocycles. The minimum absolute atomic E-state index is 0.196. The third kappa shape index (κ3) is 3.03. The van der Waals surface area contributed by atoms with E-state index in [1.807, 2.05) is 0 Å². The molecule has 2 unspecified atom stereocenters. The second-order valence-electron chi connectivity index (χ2n) is 11.8. The van der Waals surface area contributed by atoms with Gasteiger partial charge in [0.2, 0.25) is 0 Å². The zero-order valence-electron chi connectivity index (χ0n) is 21.9. The summed E-state index contributed by atoms with van der Waals surface area (Å²) in [5, 5.41) is 0. The molecular formula is C33H24Cl2F6Zr. The van der Waals surface area contributed by atoms with Gasteiger partial charge < -0.3 is 0 Å². The van der Waals surface area contributed by atoms with Crippen LogP contribution < -0.4 is 0 Å². The van der Waals surface area contributed by atoms with Gasteiger partial charge in [0.15, 0.2) is 0 Å². The number of rotatable bonds is 4.